The highest BCUT2D eigenvalue weighted by Crippen LogP contribution is 2.34. The Morgan fingerprint density at radius 1 is 1.23 bits per heavy atom. The SMILES string of the molecule is CN1CCC[C@H]1C(=O)Nc1ccc(Cl)c(-c2nccc3ccccc23)c1. The zero-order chi connectivity index (χ0) is 18.1. The van der Waals surface area contributed by atoms with Crippen LogP contribution in [0, 0.1) is 0 Å². The number of aromatic nitrogens is 1. The molecule has 2 aromatic carbocycles. The van der Waals surface area contributed by atoms with Gasteiger partial charge in [-0.25, -0.2) is 0 Å². The lowest BCUT2D eigenvalue weighted by molar-refractivity contribution is -0.119. The summed E-state index contributed by atoms with van der Waals surface area (Å²) in [5, 5.41) is 5.79. The number of hydrogen-bond acceptors (Lipinski definition) is 3. The summed E-state index contributed by atoms with van der Waals surface area (Å²) in [6.07, 6.45) is 3.74. The average molecular weight is 366 g/mol. The first-order valence-corrected chi connectivity index (χ1v) is 9.16. The highest BCUT2D eigenvalue weighted by Gasteiger charge is 2.27. The predicted octanol–water partition coefficient (Wildman–Crippen LogP) is 4.59. The van der Waals surface area contributed by atoms with E-state index in [4.69, 9.17) is 11.6 Å². The molecule has 1 N–H and O–H groups in total. The van der Waals surface area contributed by atoms with Crippen LogP contribution in [0.4, 0.5) is 5.69 Å². The molecule has 3 aromatic rings. The van der Waals surface area contributed by atoms with Crippen molar-refractivity contribution in [3.8, 4) is 11.3 Å². The molecular weight excluding hydrogens is 346 g/mol. The van der Waals surface area contributed by atoms with Gasteiger partial charge < -0.3 is 5.32 Å². The van der Waals surface area contributed by atoms with Crippen LogP contribution in [0.5, 0.6) is 0 Å². The first-order chi connectivity index (χ1) is 12.6. The maximum absolute atomic E-state index is 12.6. The van der Waals surface area contributed by atoms with Crippen LogP contribution in [-0.4, -0.2) is 35.4 Å². The molecule has 1 atom stereocenters. The number of nitrogens with one attached hydrogen (secondary N) is 1. The van der Waals surface area contributed by atoms with E-state index in [0.717, 1.165) is 47.1 Å². The number of likely N-dealkylation sites (N-methyl/N-ethyl adjacent to an activating group) is 1. The molecule has 1 fully saturated rings. The number of nitrogens with zero attached hydrogens (tertiary/aromatic N) is 2. The average Bonchev–Trinajstić information content (AvgIpc) is 3.09. The molecule has 0 aliphatic carbocycles. The van der Waals surface area contributed by atoms with Gasteiger partial charge in [0.2, 0.25) is 5.91 Å². The van der Waals surface area contributed by atoms with Crippen LogP contribution >= 0.6 is 11.6 Å². The van der Waals surface area contributed by atoms with E-state index in [2.05, 4.69) is 21.3 Å². The molecule has 0 saturated carbocycles. The molecule has 1 aromatic heterocycles. The third-order valence-corrected chi connectivity index (χ3v) is 5.32. The van der Waals surface area contributed by atoms with Crippen molar-refractivity contribution in [2.24, 2.45) is 0 Å². The number of carbonyl (C=O) groups is 1. The van der Waals surface area contributed by atoms with Gasteiger partial charge in [0, 0.05) is 22.8 Å². The first-order valence-electron chi connectivity index (χ1n) is 8.78. The van der Waals surface area contributed by atoms with Crippen LogP contribution in [0.25, 0.3) is 22.0 Å². The van der Waals surface area contributed by atoms with Crippen molar-refractivity contribution in [3.63, 3.8) is 0 Å². The molecule has 5 heteroatoms. The number of amides is 1. The van der Waals surface area contributed by atoms with E-state index in [0.29, 0.717) is 5.02 Å². The van der Waals surface area contributed by atoms with Crippen molar-refractivity contribution < 1.29 is 4.79 Å². The van der Waals surface area contributed by atoms with Crippen LogP contribution in [0.15, 0.2) is 54.7 Å². The second-order valence-electron chi connectivity index (χ2n) is 6.70. The van der Waals surface area contributed by atoms with E-state index in [1.54, 1.807) is 6.20 Å². The minimum Gasteiger partial charge on any atom is -0.325 e. The fourth-order valence-corrected chi connectivity index (χ4v) is 3.79. The molecule has 26 heavy (non-hydrogen) atoms. The molecule has 4 nitrogen and oxygen atoms in total. The van der Waals surface area contributed by atoms with Crippen LogP contribution in [0.3, 0.4) is 0 Å². The largest absolute Gasteiger partial charge is 0.325 e. The number of anilines is 1. The Morgan fingerprint density at radius 3 is 2.88 bits per heavy atom. The van der Waals surface area contributed by atoms with Gasteiger partial charge in [0.15, 0.2) is 0 Å². The lowest BCUT2D eigenvalue weighted by Gasteiger charge is -2.19. The Kier molecular flexibility index (Phi) is 4.62. The maximum atomic E-state index is 12.6. The molecule has 0 unspecified atom stereocenters. The molecule has 132 valence electrons. The summed E-state index contributed by atoms with van der Waals surface area (Å²) in [5.41, 5.74) is 2.38. The minimum atomic E-state index is -0.0650. The zero-order valence-electron chi connectivity index (χ0n) is 14.6. The van der Waals surface area contributed by atoms with Crippen molar-refractivity contribution in [1.29, 1.82) is 0 Å². The van der Waals surface area contributed by atoms with Crippen LogP contribution in [0.2, 0.25) is 5.02 Å². The number of likely N-dealkylation sites (tertiary alicyclic amines) is 1. The fraction of sp³-hybridized carbons (Fsp3) is 0.238. The summed E-state index contributed by atoms with van der Waals surface area (Å²) in [4.78, 5) is 19.2. The minimum absolute atomic E-state index is 0.0316. The smallest absolute Gasteiger partial charge is 0.241 e. The number of fused-ring (bicyclic) bond motifs is 1. The van der Waals surface area contributed by atoms with Gasteiger partial charge in [0.1, 0.15) is 0 Å². The Morgan fingerprint density at radius 2 is 2.08 bits per heavy atom. The molecule has 1 saturated heterocycles. The highest BCUT2D eigenvalue weighted by molar-refractivity contribution is 6.33. The standard InChI is InChI=1S/C21H20ClN3O/c1-25-12-4-7-19(25)21(26)24-15-8-9-18(22)17(13-15)20-16-6-3-2-5-14(16)10-11-23-20/h2-3,5-6,8-11,13,19H,4,7,12H2,1H3,(H,24,26)/t19-/m0/s1. The van der Waals surface area contributed by atoms with Gasteiger partial charge in [-0.3, -0.25) is 14.7 Å². The zero-order valence-corrected chi connectivity index (χ0v) is 15.3. The summed E-state index contributed by atoms with van der Waals surface area (Å²) in [6.45, 7) is 0.962. The van der Waals surface area contributed by atoms with E-state index in [1.165, 1.54) is 0 Å². The molecule has 0 bridgehead atoms. The Bertz CT molecular complexity index is 967. The van der Waals surface area contributed by atoms with Gasteiger partial charge in [-0.15, -0.1) is 0 Å². The number of rotatable bonds is 3. The second-order valence-corrected chi connectivity index (χ2v) is 7.11. The van der Waals surface area contributed by atoms with Gasteiger partial charge in [0.25, 0.3) is 0 Å². The van der Waals surface area contributed by atoms with E-state index in [-0.39, 0.29) is 11.9 Å². The molecule has 4 rings (SSSR count). The Hall–Kier alpha value is -2.43. The third kappa shape index (κ3) is 3.18. The van der Waals surface area contributed by atoms with Crippen molar-refractivity contribution in [2.45, 2.75) is 18.9 Å². The van der Waals surface area contributed by atoms with E-state index in [1.807, 2.05) is 49.5 Å². The summed E-state index contributed by atoms with van der Waals surface area (Å²) in [7, 11) is 1.99. The summed E-state index contributed by atoms with van der Waals surface area (Å²) < 4.78 is 0. The maximum Gasteiger partial charge on any atom is 0.241 e. The lowest BCUT2D eigenvalue weighted by atomic mass is 10.0. The first kappa shape index (κ1) is 17.0. The number of halogens is 1. The van der Waals surface area contributed by atoms with Crippen LogP contribution in [-0.2, 0) is 4.79 Å². The topological polar surface area (TPSA) is 45.2 Å². The van der Waals surface area contributed by atoms with Gasteiger partial charge in [-0.05, 0) is 56.1 Å². The van der Waals surface area contributed by atoms with Crippen LogP contribution < -0.4 is 5.32 Å². The van der Waals surface area contributed by atoms with Gasteiger partial charge in [-0.2, -0.15) is 0 Å². The number of carbonyl (C=O) groups excluding carboxylic acids is 1. The van der Waals surface area contributed by atoms with Crippen molar-refractivity contribution in [1.82, 2.24) is 9.88 Å². The summed E-state index contributed by atoms with van der Waals surface area (Å²) in [5.74, 6) is 0.0316. The summed E-state index contributed by atoms with van der Waals surface area (Å²) >= 11 is 6.46. The number of hydrogen-bond donors (Lipinski definition) is 1. The van der Waals surface area contributed by atoms with E-state index in [9.17, 15) is 4.79 Å². The highest BCUT2D eigenvalue weighted by atomic mass is 35.5. The predicted molar refractivity (Wildman–Crippen MR) is 106 cm³/mol. The fourth-order valence-electron chi connectivity index (χ4n) is 3.59. The van der Waals surface area contributed by atoms with Crippen molar-refractivity contribution >= 4 is 34.0 Å². The number of pyridine rings is 1. The van der Waals surface area contributed by atoms with E-state index < -0.39 is 0 Å². The van der Waals surface area contributed by atoms with Gasteiger partial charge in [-0.1, -0.05) is 35.9 Å². The molecule has 2 heterocycles. The second kappa shape index (κ2) is 7.06. The Balaban J connectivity index is 1.69. The molecular formula is C21H20ClN3O. The quantitative estimate of drug-likeness (QED) is 0.738. The van der Waals surface area contributed by atoms with Crippen molar-refractivity contribution in [2.75, 3.05) is 18.9 Å². The molecule has 1 aliphatic rings. The monoisotopic (exact) mass is 365 g/mol. The third-order valence-electron chi connectivity index (χ3n) is 4.99. The molecule has 0 radical (unpaired) electrons. The van der Waals surface area contributed by atoms with Gasteiger partial charge in [0.05, 0.1) is 16.8 Å². The summed E-state index contributed by atoms with van der Waals surface area (Å²) in [6, 6.07) is 15.6. The normalized spacial score (nSPS) is 17.5. The molecule has 1 amide bonds. The van der Waals surface area contributed by atoms with Gasteiger partial charge >= 0.3 is 0 Å². The van der Waals surface area contributed by atoms with Crippen LogP contribution in [0.1, 0.15) is 12.8 Å². The lowest BCUT2D eigenvalue weighted by Crippen LogP contribution is -2.37. The van der Waals surface area contributed by atoms with Crippen molar-refractivity contribution in [3.05, 3.63) is 59.8 Å². The van der Waals surface area contributed by atoms with E-state index >= 15 is 0 Å². The Labute approximate surface area is 157 Å². The molecule has 0 spiro atoms. The molecule has 1 aliphatic heterocycles. The number of benzene rings is 2.